The van der Waals surface area contributed by atoms with Crippen LogP contribution < -0.4 is 5.43 Å². The van der Waals surface area contributed by atoms with Gasteiger partial charge < -0.3 is 9.47 Å². The maximum atomic E-state index is 13.3. The number of esters is 2. The number of carbonyl (C=O) groups excluding carboxylic acids is 2. The van der Waals surface area contributed by atoms with Crippen molar-refractivity contribution in [1.82, 2.24) is 0 Å². The molecule has 0 amide bonds. The van der Waals surface area contributed by atoms with Crippen LogP contribution in [0, 0.1) is 5.82 Å². The standard InChI is InChI=1S/C14H13FN2O4/c1-14(2)20-12(18)9(13(19)21-14)7-8-16-17-11-6-4-3-5-10(11)15/h3-8,17H,1-2H3/b16-8+. The number of hydrogen-bond donors (Lipinski definition) is 1. The largest absolute Gasteiger partial charge is 0.419 e. The molecule has 0 aromatic heterocycles. The van der Waals surface area contributed by atoms with E-state index < -0.39 is 23.5 Å². The van der Waals surface area contributed by atoms with Crippen molar-refractivity contribution in [3.8, 4) is 0 Å². The van der Waals surface area contributed by atoms with Gasteiger partial charge in [-0.1, -0.05) is 12.1 Å². The Bertz CT molecular complexity index is 616. The van der Waals surface area contributed by atoms with Crippen LogP contribution in [0.2, 0.25) is 0 Å². The van der Waals surface area contributed by atoms with Crippen molar-refractivity contribution < 1.29 is 23.5 Å². The molecule has 1 fully saturated rings. The number of halogens is 1. The van der Waals surface area contributed by atoms with Crippen LogP contribution in [0.3, 0.4) is 0 Å². The Morgan fingerprint density at radius 1 is 1.19 bits per heavy atom. The number of hydrazone groups is 1. The second kappa shape index (κ2) is 5.74. The third-order valence-electron chi connectivity index (χ3n) is 2.49. The van der Waals surface area contributed by atoms with Gasteiger partial charge in [-0.15, -0.1) is 0 Å². The second-order valence-electron chi connectivity index (χ2n) is 4.63. The molecule has 0 unspecified atom stereocenters. The Morgan fingerprint density at radius 2 is 1.81 bits per heavy atom. The number of hydrogen-bond acceptors (Lipinski definition) is 6. The molecule has 0 bridgehead atoms. The number of benzene rings is 1. The topological polar surface area (TPSA) is 77.0 Å². The Kier molecular flexibility index (Phi) is 4.02. The average Bonchev–Trinajstić information content (AvgIpc) is 2.37. The molecule has 0 spiro atoms. The Hall–Kier alpha value is -2.70. The van der Waals surface area contributed by atoms with Crippen LogP contribution in [0.4, 0.5) is 10.1 Å². The summed E-state index contributed by atoms with van der Waals surface area (Å²) >= 11 is 0. The molecule has 1 aromatic rings. The minimum Gasteiger partial charge on any atom is -0.419 e. The predicted octanol–water partition coefficient (Wildman–Crippen LogP) is 1.99. The number of ether oxygens (including phenoxy) is 2. The predicted molar refractivity (Wildman–Crippen MR) is 72.9 cm³/mol. The molecule has 0 saturated carbocycles. The third kappa shape index (κ3) is 3.65. The normalized spacial score (nSPS) is 17.4. The van der Waals surface area contributed by atoms with E-state index in [0.29, 0.717) is 0 Å². The molecule has 1 aliphatic heterocycles. The Balaban J connectivity index is 2.04. The van der Waals surface area contributed by atoms with Gasteiger partial charge >= 0.3 is 11.9 Å². The number of anilines is 1. The van der Waals surface area contributed by atoms with E-state index in [-0.39, 0.29) is 11.3 Å². The molecule has 2 rings (SSSR count). The van der Waals surface area contributed by atoms with Gasteiger partial charge in [0.1, 0.15) is 11.4 Å². The van der Waals surface area contributed by atoms with Gasteiger partial charge in [-0.2, -0.15) is 5.10 Å². The summed E-state index contributed by atoms with van der Waals surface area (Å²) in [4.78, 5) is 23.2. The summed E-state index contributed by atoms with van der Waals surface area (Å²) in [6.45, 7) is 2.90. The molecule has 1 N–H and O–H groups in total. The van der Waals surface area contributed by atoms with Crippen molar-refractivity contribution >= 4 is 23.8 Å². The van der Waals surface area contributed by atoms with Crippen molar-refractivity contribution in [3.05, 3.63) is 41.7 Å². The van der Waals surface area contributed by atoms with E-state index in [9.17, 15) is 14.0 Å². The minimum atomic E-state index is -1.28. The highest BCUT2D eigenvalue weighted by Gasteiger charge is 2.38. The molecule has 1 aliphatic rings. The van der Waals surface area contributed by atoms with Crippen LogP contribution in [-0.4, -0.2) is 23.9 Å². The highest BCUT2D eigenvalue weighted by molar-refractivity contribution is 6.17. The van der Waals surface area contributed by atoms with Gasteiger partial charge in [0, 0.05) is 20.1 Å². The van der Waals surface area contributed by atoms with E-state index in [2.05, 4.69) is 10.5 Å². The molecule has 0 atom stereocenters. The van der Waals surface area contributed by atoms with Gasteiger partial charge in [-0.05, 0) is 18.2 Å². The summed E-state index contributed by atoms with van der Waals surface area (Å²) in [7, 11) is 0. The molecule has 110 valence electrons. The van der Waals surface area contributed by atoms with Gasteiger partial charge in [-0.3, -0.25) is 5.43 Å². The summed E-state index contributed by atoms with van der Waals surface area (Å²) in [6, 6.07) is 5.94. The first-order valence-corrected chi connectivity index (χ1v) is 6.09. The molecule has 1 aromatic carbocycles. The van der Waals surface area contributed by atoms with Crippen LogP contribution in [-0.2, 0) is 19.1 Å². The van der Waals surface area contributed by atoms with Gasteiger partial charge in [0.2, 0.25) is 0 Å². The zero-order chi connectivity index (χ0) is 15.5. The maximum Gasteiger partial charge on any atom is 0.348 e. The maximum absolute atomic E-state index is 13.3. The summed E-state index contributed by atoms with van der Waals surface area (Å²) in [5.41, 5.74) is 2.33. The highest BCUT2D eigenvalue weighted by atomic mass is 19.1. The molecular formula is C14H13FN2O4. The third-order valence-corrected chi connectivity index (χ3v) is 2.49. The number of rotatable bonds is 3. The molecular weight excluding hydrogens is 279 g/mol. The number of allylic oxidation sites excluding steroid dienone is 1. The van der Waals surface area contributed by atoms with Crippen LogP contribution in [0.1, 0.15) is 13.8 Å². The lowest BCUT2D eigenvalue weighted by Crippen LogP contribution is -2.41. The highest BCUT2D eigenvalue weighted by Crippen LogP contribution is 2.22. The van der Waals surface area contributed by atoms with Crippen LogP contribution in [0.25, 0.3) is 0 Å². The SMILES string of the molecule is CC1(C)OC(=O)C(=C/C=N/Nc2ccccc2F)C(=O)O1. The smallest absolute Gasteiger partial charge is 0.348 e. The van der Waals surface area contributed by atoms with E-state index in [4.69, 9.17) is 9.47 Å². The number of nitrogens with one attached hydrogen (secondary N) is 1. The quantitative estimate of drug-likeness (QED) is 0.303. The number of para-hydroxylation sites is 1. The van der Waals surface area contributed by atoms with Crippen molar-refractivity contribution in [2.75, 3.05) is 5.43 Å². The fraction of sp³-hybridized carbons (Fsp3) is 0.214. The lowest BCUT2D eigenvalue weighted by atomic mass is 10.2. The first kappa shape index (κ1) is 14.7. The van der Waals surface area contributed by atoms with E-state index in [1.807, 2.05) is 0 Å². The monoisotopic (exact) mass is 292 g/mol. The molecule has 0 aliphatic carbocycles. The molecule has 6 nitrogen and oxygen atoms in total. The molecule has 1 saturated heterocycles. The fourth-order valence-electron chi connectivity index (χ4n) is 1.57. The van der Waals surface area contributed by atoms with Gasteiger partial charge in [0.05, 0.1) is 5.69 Å². The summed E-state index contributed by atoms with van der Waals surface area (Å²) in [5.74, 6) is -3.35. The summed E-state index contributed by atoms with van der Waals surface area (Å²) in [6.07, 6.45) is 2.27. The van der Waals surface area contributed by atoms with E-state index in [1.54, 1.807) is 12.1 Å². The van der Waals surface area contributed by atoms with Crippen molar-refractivity contribution in [1.29, 1.82) is 0 Å². The van der Waals surface area contributed by atoms with Crippen molar-refractivity contribution in [3.63, 3.8) is 0 Å². The van der Waals surface area contributed by atoms with Crippen LogP contribution in [0.15, 0.2) is 41.0 Å². The lowest BCUT2D eigenvalue weighted by molar-refractivity contribution is -0.222. The minimum absolute atomic E-state index is 0.169. The average molecular weight is 292 g/mol. The van der Waals surface area contributed by atoms with Gasteiger partial charge in [0.25, 0.3) is 5.79 Å². The van der Waals surface area contributed by atoms with E-state index in [1.165, 1.54) is 26.0 Å². The summed E-state index contributed by atoms with van der Waals surface area (Å²) < 4.78 is 23.1. The second-order valence-corrected chi connectivity index (χ2v) is 4.63. The zero-order valence-electron chi connectivity index (χ0n) is 11.4. The Labute approximate surface area is 120 Å². The van der Waals surface area contributed by atoms with Gasteiger partial charge in [0.15, 0.2) is 0 Å². The molecule has 1 heterocycles. The van der Waals surface area contributed by atoms with E-state index in [0.717, 1.165) is 12.3 Å². The van der Waals surface area contributed by atoms with Crippen molar-refractivity contribution in [2.24, 2.45) is 5.10 Å². The molecule has 7 heteroatoms. The number of cyclic esters (lactones) is 2. The summed E-state index contributed by atoms with van der Waals surface area (Å²) in [5, 5.41) is 3.69. The molecule has 21 heavy (non-hydrogen) atoms. The van der Waals surface area contributed by atoms with Crippen LogP contribution >= 0.6 is 0 Å². The zero-order valence-corrected chi connectivity index (χ0v) is 11.4. The fourth-order valence-corrected chi connectivity index (χ4v) is 1.57. The van der Waals surface area contributed by atoms with Crippen LogP contribution in [0.5, 0.6) is 0 Å². The number of nitrogens with zero attached hydrogens (tertiary/aromatic N) is 1. The first-order valence-electron chi connectivity index (χ1n) is 6.09. The van der Waals surface area contributed by atoms with Crippen molar-refractivity contribution in [2.45, 2.75) is 19.6 Å². The first-order chi connectivity index (χ1) is 9.89. The number of carbonyl (C=O) groups is 2. The van der Waals surface area contributed by atoms with Gasteiger partial charge in [-0.25, -0.2) is 14.0 Å². The Morgan fingerprint density at radius 3 is 2.43 bits per heavy atom. The molecule has 0 radical (unpaired) electrons. The lowest BCUT2D eigenvalue weighted by Gasteiger charge is -2.29. The van der Waals surface area contributed by atoms with E-state index >= 15 is 0 Å².